The number of thioether (sulfide) groups is 1. The number of benzene rings is 2. The number of halogens is 1. The number of allylic oxidation sites excluding steroid dienone is 1. The third kappa shape index (κ3) is 7.58. The van der Waals surface area contributed by atoms with Gasteiger partial charge in [-0.1, -0.05) is 23.9 Å². The number of H-pyrrole nitrogens is 1. The molecule has 0 bridgehead atoms. The molecular formula is C30H38FN7O3S2. The van der Waals surface area contributed by atoms with E-state index in [2.05, 4.69) is 43.9 Å². The lowest BCUT2D eigenvalue weighted by Crippen LogP contribution is -2.52. The molecular weight excluding hydrogens is 590 g/mol. The Hall–Kier alpha value is -3.39. The predicted molar refractivity (Wildman–Crippen MR) is 168 cm³/mol. The van der Waals surface area contributed by atoms with Gasteiger partial charge in [0, 0.05) is 55.9 Å². The molecule has 0 amide bonds. The van der Waals surface area contributed by atoms with Gasteiger partial charge in [-0.15, -0.1) is 0 Å². The molecule has 1 saturated heterocycles. The molecule has 1 atom stereocenters. The molecule has 0 saturated carbocycles. The number of hydrogen-bond acceptors (Lipinski definition) is 10. The predicted octanol–water partition coefficient (Wildman–Crippen LogP) is 3.79. The molecule has 230 valence electrons. The number of sulfone groups is 1. The van der Waals surface area contributed by atoms with E-state index in [4.69, 9.17) is 9.73 Å². The second-order valence-electron chi connectivity index (χ2n) is 10.9. The van der Waals surface area contributed by atoms with Crippen LogP contribution in [0.1, 0.15) is 11.3 Å². The average Bonchev–Trinajstić information content (AvgIpc) is 3.43. The van der Waals surface area contributed by atoms with E-state index in [1.165, 1.54) is 36.0 Å². The van der Waals surface area contributed by atoms with Crippen LogP contribution in [0.25, 0.3) is 0 Å². The van der Waals surface area contributed by atoms with E-state index < -0.39 is 21.2 Å². The number of aromatic nitrogens is 2. The number of aromatic amines is 1. The SMILES string of the molecule is COC1=C(N2CCN(CCN(C)C)CC2)N(c2cc(C)[nH]n2)C(Sc2ccc(S(=O)(=O)Cc3ccc(F)cc3)cc2)N=C1. The van der Waals surface area contributed by atoms with Gasteiger partial charge in [-0.05, 0) is 63.0 Å². The zero-order valence-corrected chi connectivity index (χ0v) is 26.5. The van der Waals surface area contributed by atoms with Crippen molar-refractivity contribution in [1.29, 1.82) is 0 Å². The van der Waals surface area contributed by atoms with Crippen molar-refractivity contribution in [3.8, 4) is 0 Å². The highest BCUT2D eigenvalue weighted by Gasteiger charge is 2.35. The molecule has 13 heteroatoms. The van der Waals surface area contributed by atoms with Gasteiger partial charge in [0.1, 0.15) is 5.82 Å². The summed E-state index contributed by atoms with van der Waals surface area (Å²) in [5, 5.41) is 7.63. The van der Waals surface area contributed by atoms with Gasteiger partial charge < -0.3 is 14.5 Å². The lowest BCUT2D eigenvalue weighted by Gasteiger charge is -2.43. The normalized spacial score (nSPS) is 18.1. The lowest BCUT2D eigenvalue weighted by atomic mass is 10.2. The first kappa shape index (κ1) is 31.0. The Morgan fingerprint density at radius 1 is 1.07 bits per heavy atom. The van der Waals surface area contributed by atoms with Gasteiger partial charge in [-0.25, -0.2) is 12.8 Å². The van der Waals surface area contributed by atoms with Crippen LogP contribution in [-0.2, 0) is 20.3 Å². The summed E-state index contributed by atoms with van der Waals surface area (Å²) < 4.78 is 45.2. The number of aryl methyl sites for hydroxylation is 1. The van der Waals surface area contributed by atoms with Crippen molar-refractivity contribution in [1.82, 2.24) is 24.9 Å². The zero-order valence-electron chi connectivity index (χ0n) is 24.9. The minimum atomic E-state index is -3.60. The van der Waals surface area contributed by atoms with Crippen LogP contribution in [0, 0.1) is 12.7 Å². The van der Waals surface area contributed by atoms with Crippen molar-refractivity contribution in [3.63, 3.8) is 0 Å². The Labute approximate surface area is 257 Å². The first-order valence-corrected chi connectivity index (χ1v) is 16.6. The van der Waals surface area contributed by atoms with Crippen LogP contribution in [0.5, 0.6) is 0 Å². The van der Waals surface area contributed by atoms with Crippen LogP contribution in [-0.4, -0.2) is 106 Å². The lowest BCUT2D eigenvalue weighted by molar-refractivity contribution is 0.140. The third-order valence-corrected chi connectivity index (χ3v) is 10.2. The van der Waals surface area contributed by atoms with Crippen molar-refractivity contribution in [2.45, 2.75) is 28.0 Å². The van der Waals surface area contributed by atoms with E-state index in [1.54, 1.807) is 37.6 Å². The molecule has 1 fully saturated rings. The molecule has 1 unspecified atom stereocenters. The molecule has 43 heavy (non-hydrogen) atoms. The Balaban J connectivity index is 1.35. The fraction of sp³-hybridized carbons (Fsp3) is 0.400. The van der Waals surface area contributed by atoms with Crippen LogP contribution in [0.3, 0.4) is 0 Å². The third-order valence-electron chi connectivity index (χ3n) is 7.38. The number of aliphatic imine (C=N–C) groups is 1. The summed E-state index contributed by atoms with van der Waals surface area (Å²) >= 11 is 1.50. The fourth-order valence-electron chi connectivity index (χ4n) is 5.02. The molecule has 10 nitrogen and oxygen atoms in total. The standard InChI is InChI=1S/C30H38FN7O3S2/c1-22-19-28(34-33-22)38-29(37-17-15-36(16-18-37)14-13-35(2)3)27(41-4)20-32-30(38)42-25-9-11-26(12-10-25)43(39,40)21-23-5-7-24(31)8-6-23/h5-12,19-20,30H,13-18,21H2,1-4H3,(H,33,34). The first-order chi connectivity index (χ1) is 20.6. The Morgan fingerprint density at radius 2 is 1.77 bits per heavy atom. The Kier molecular flexibility index (Phi) is 9.75. The summed E-state index contributed by atoms with van der Waals surface area (Å²) in [4.78, 5) is 15.0. The molecule has 5 rings (SSSR count). The van der Waals surface area contributed by atoms with Crippen LogP contribution in [0.15, 0.2) is 81.0 Å². The van der Waals surface area contributed by atoms with Crippen LogP contribution < -0.4 is 4.90 Å². The van der Waals surface area contributed by atoms with E-state index >= 15 is 0 Å². The number of methoxy groups -OCH3 is 1. The number of nitrogens with zero attached hydrogens (tertiary/aromatic N) is 6. The maximum Gasteiger partial charge on any atom is 0.182 e. The summed E-state index contributed by atoms with van der Waals surface area (Å²) in [6.45, 7) is 7.54. The van der Waals surface area contributed by atoms with Crippen molar-refractivity contribution < 1.29 is 17.5 Å². The highest BCUT2D eigenvalue weighted by atomic mass is 32.2. The summed E-state index contributed by atoms with van der Waals surface area (Å²) in [6, 6.07) is 14.3. The maximum absolute atomic E-state index is 13.3. The van der Waals surface area contributed by atoms with E-state index in [0.717, 1.165) is 61.5 Å². The van der Waals surface area contributed by atoms with Gasteiger partial charge in [0.25, 0.3) is 0 Å². The van der Waals surface area contributed by atoms with Crippen molar-refractivity contribution >= 4 is 33.6 Å². The number of piperazine rings is 1. The van der Waals surface area contributed by atoms with Crippen molar-refractivity contribution in [3.05, 3.63) is 83.3 Å². The van der Waals surface area contributed by atoms with Crippen molar-refractivity contribution in [2.24, 2.45) is 4.99 Å². The van der Waals surface area contributed by atoms with E-state index in [-0.39, 0.29) is 10.6 Å². The summed E-state index contributed by atoms with van der Waals surface area (Å²) in [7, 11) is 2.24. The van der Waals surface area contributed by atoms with Gasteiger partial charge in [0.2, 0.25) is 0 Å². The average molecular weight is 628 g/mol. The molecule has 0 aliphatic carbocycles. The quantitative estimate of drug-likeness (QED) is 0.341. The number of ether oxygens (including phenoxy) is 1. The largest absolute Gasteiger partial charge is 0.491 e. The van der Waals surface area contributed by atoms with Gasteiger partial charge in [-0.2, -0.15) is 5.10 Å². The van der Waals surface area contributed by atoms with Crippen LogP contribution in [0.4, 0.5) is 10.2 Å². The van der Waals surface area contributed by atoms with Gasteiger partial charge in [0.05, 0.1) is 24.0 Å². The first-order valence-electron chi connectivity index (χ1n) is 14.1. The molecule has 2 aliphatic heterocycles. The highest BCUT2D eigenvalue weighted by Crippen LogP contribution is 2.37. The van der Waals surface area contributed by atoms with E-state index in [1.807, 2.05) is 13.0 Å². The summed E-state index contributed by atoms with van der Waals surface area (Å²) in [5.41, 5.74) is 1.06. The van der Waals surface area contributed by atoms with E-state index in [9.17, 15) is 12.8 Å². The molecule has 1 aromatic heterocycles. The molecule has 2 aliphatic rings. The van der Waals surface area contributed by atoms with E-state index in [0.29, 0.717) is 11.3 Å². The highest BCUT2D eigenvalue weighted by molar-refractivity contribution is 8.00. The van der Waals surface area contributed by atoms with Crippen LogP contribution >= 0.6 is 11.8 Å². The van der Waals surface area contributed by atoms with Gasteiger partial charge in [0.15, 0.2) is 32.7 Å². The number of nitrogens with one attached hydrogen (secondary N) is 1. The van der Waals surface area contributed by atoms with Crippen molar-refractivity contribution in [2.75, 3.05) is 65.4 Å². The second kappa shape index (κ2) is 13.5. The minimum absolute atomic E-state index is 0.199. The molecule has 1 N–H and O–H groups in total. The maximum atomic E-state index is 13.3. The number of rotatable bonds is 11. The second-order valence-corrected chi connectivity index (χ2v) is 14.0. The number of likely N-dealkylation sites (N-methyl/N-ethyl adjacent to an activating group) is 1. The molecule has 3 heterocycles. The topological polar surface area (TPSA) is 97.4 Å². The molecule has 0 radical (unpaired) electrons. The Morgan fingerprint density at radius 3 is 2.37 bits per heavy atom. The summed E-state index contributed by atoms with van der Waals surface area (Å²) in [6.07, 6.45) is 1.77. The smallest absolute Gasteiger partial charge is 0.182 e. The molecule has 3 aromatic rings. The summed E-state index contributed by atoms with van der Waals surface area (Å²) in [5.74, 6) is 1.71. The zero-order chi connectivity index (χ0) is 30.6. The fourth-order valence-corrected chi connectivity index (χ4v) is 7.34. The minimum Gasteiger partial charge on any atom is -0.491 e. The van der Waals surface area contributed by atoms with Crippen LogP contribution in [0.2, 0.25) is 0 Å². The van der Waals surface area contributed by atoms with Gasteiger partial charge >= 0.3 is 0 Å². The Bertz CT molecular complexity index is 1550. The monoisotopic (exact) mass is 627 g/mol. The number of anilines is 1. The van der Waals surface area contributed by atoms with Gasteiger partial charge in [-0.3, -0.25) is 19.9 Å². The molecule has 0 spiro atoms. The molecule has 2 aromatic carbocycles. The number of hydrogen-bond donors (Lipinski definition) is 1.